The maximum Gasteiger partial charge on any atom is 0.271 e. The zero-order chi connectivity index (χ0) is 22.6. The predicted octanol–water partition coefficient (Wildman–Crippen LogP) is 3.88. The number of sulfonamides is 1. The van der Waals surface area contributed by atoms with E-state index in [1.165, 1.54) is 48.5 Å². The third kappa shape index (κ3) is 5.04. The molecular formula is C21H18FN3O5S. The number of nitro benzene ring substituents is 1. The number of nitrogens with one attached hydrogen (secondary N) is 1. The van der Waals surface area contributed by atoms with Crippen LogP contribution in [0.5, 0.6) is 0 Å². The second-order valence-corrected chi connectivity index (χ2v) is 8.49. The van der Waals surface area contributed by atoms with Crippen molar-refractivity contribution in [2.45, 2.75) is 11.8 Å². The molecule has 0 saturated carbocycles. The van der Waals surface area contributed by atoms with Gasteiger partial charge in [-0.2, -0.15) is 0 Å². The summed E-state index contributed by atoms with van der Waals surface area (Å²) in [4.78, 5) is 22.8. The first-order valence-electron chi connectivity index (χ1n) is 9.07. The molecule has 0 fully saturated rings. The van der Waals surface area contributed by atoms with E-state index in [1.807, 2.05) is 0 Å². The molecule has 31 heavy (non-hydrogen) atoms. The monoisotopic (exact) mass is 443 g/mol. The molecule has 0 atom stereocenters. The number of rotatable bonds is 7. The number of aryl methyl sites for hydroxylation is 1. The molecule has 0 spiro atoms. The summed E-state index contributed by atoms with van der Waals surface area (Å²) in [6.45, 7) is 1.05. The van der Waals surface area contributed by atoms with Gasteiger partial charge in [0.1, 0.15) is 12.4 Å². The van der Waals surface area contributed by atoms with Crippen molar-refractivity contribution in [1.82, 2.24) is 0 Å². The SMILES string of the molecule is Cc1ccc(S(=O)(=O)N(CC(=O)Nc2cccc([N+](=O)[O-])c2)c2ccccc2F)cc1. The molecule has 3 aromatic carbocycles. The number of halogens is 1. The summed E-state index contributed by atoms with van der Waals surface area (Å²) in [5.41, 5.74) is 0.411. The van der Waals surface area contributed by atoms with E-state index in [0.717, 1.165) is 17.7 Å². The number of hydrogen-bond acceptors (Lipinski definition) is 5. The lowest BCUT2D eigenvalue weighted by atomic mass is 10.2. The Labute approximate surface area is 178 Å². The van der Waals surface area contributed by atoms with E-state index >= 15 is 0 Å². The number of anilines is 2. The molecule has 0 bridgehead atoms. The first-order valence-corrected chi connectivity index (χ1v) is 10.5. The van der Waals surface area contributed by atoms with Crippen LogP contribution in [0.1, 0.15) is 5.56 Å². The number of para-hydroxylation sites is 1. The lowest BCUT2D eigenvalue weighted by molar-refractivity contribution is -0.384. The molecule has 3 rings (SSSR count). The predicted molar refractivity (Wildman–Crippen MR) is 114 cm³/mol. The fourth-order valence-electron chi connectivity index (χ4n) is 2.82. The number of carbonyl (C=O) groups is 1. The Balaban J connectivity index is 1.95. The van der Waals surface area contributed by atoms with E-state index in [4.69, 9.17) is 0 Å². The summed E-state index contributed by atoms with van der Waals surface area (Å²) < 4.78 is 41.6. The first-order chi connectivity index (χ1) is 14.7. The highest BCUT2D eigenvalue weighted by Gasteiger charge is 2.29. The molecule has 1 amide bonds. The highest BCUT2D eigenvalue weighted by atomic mass is 32.2. The smallest absolute Gasteiger partial charge is 0.271 e. The molecule has 0 radical (unpaired) electrons. The Bertz CT molecular complexity index is 1230. The fourth-order valence-corrected chi connectivity index (χ4v) is 4.25. The minimum Gasteiger partial charge on any atom is -0.324 e. The average Bonchev–Trinajstić information content (AvgIpc) is 2.73. The van der Waals surface area contributed by atoms with Gasteiger partial charge in [0.2, 0.25) is 5.91 Å². The van der Waals surface area contributed by atoms with Crippen LogP contribution in [0, 0.1) is 22.9 Å². The molecule has 0 saturated heterocycles. The Morgan fingerprint density at radius 1 is 1.06 bits per heavy atom. The Morgan fingerprint density at radius 2 is 1.74 bits per heavy atom. The Kier molecular flexibility index (Phi) is 6.30. The number of benzene rings is 3. The maximum absolute atomic E-state index is 14.5. The van der Waals surface area contributed by atoms with Gasteiger partial charge >= 0.3 is 0 Å². The number of amides is 1. The van der Waals surface area contributed by atoms with Gasteiger partial charge in [-0.05, 0) is 37.3 Å². The zero-order valence-corrected chi connectivity index (χ0v) is 17.2. The third-order valence-electron chi connectivity index (χ3n) is 4.36. The van der Waals surface area contributed by atoms with E-state index in [1.54, 1.807) is 19.1 Å². The van der Waals surface area contributed by atoms with Crippen LogP contribution in [0.25, 0.3) is 0 Å². The van der Waals surface area contributed by atoms with Crippen molar-refractivity contribution in [2.24, 2.45) is 0 Å². The first kappa shape index (κ1) is 21.9. The van der Waals surface area contributed by atoms with Crippen LogP contribution in [0.4, 0.5) is 21.5 Å². The second-order valence-electron chi connectivity index (χ2n) is 6.63. The van der Waals surface area contributed by atoms with Crippen molar-refractivity contribution in [2.75, 3.05) is 16.2 Å². The van der Waals surface area contributed by atoms with E-state index < -0.39 is 33.2 Å². The molecule has 0 heterocycles. The minimum absolute atomic E-state index is 0.107. The Morgan fingerprint density at radius 3 is 2.39 bits per heavy atom. The number of nitro groups is 1. The highest BCUT2D eigenvalue weighted by Crippen LogP contribution is 2.26. The standard InChI is InChI=1S/C21H18FN3O5S/c1-15-9-11-18(12-10-15)31(29,30)24(20-8-3-2-7-19(20)22)14-21(26)23-16-5-4-6-17(13-16)25(27)28/h2-13H,14H2,1H3,(H,23,26). The number of carbonyl (C=O) groups excluding carboxylic acids is 1. The van der Waals surface area contributed by atoms with Gasteiger partial charge < -0.3 is 5.32 Å². The lowest BCUT2D eigenvalue weighted by Crippen LogP contribution is -2.38. The molecule has 10 heteroatoms. The molecule has 160 valence electrons. The molecule has 0 unspecified atom stereocenters. The summed E-state index contributed by atoms with van der Waals surface area (Å²) in [6.07, 6.45) is 0. The van der Waals surface area contributed by atoms with Gasteiger partial charge in [-0.1, -0.05) is 35.9 Å². The summed E-state index contributed by atoms with van der Waals surface area (Å²) in [7, 11) is -4.28. The van der Waals surface area contributed by atoms with Crippen LogP contribution >= 0.6 is 0 Å². The van der Waals surface area contributed by atoms with Crippen molar-refractivity contribution in [3.05, 3.63) is 94.3 Å². The van der Waals surface area contributed by atoms with Crippen LogP contribution in [-0.4, -0.2) is 25.8 Å². The Hall–Kier alpha value is -3.79. The summed E-state index contributed by atoms with van der Waals surface area (Å²) in [5, 5.41) is 13.3. The number of hydrogen-bond donors (Lipinski definition) is 1. The van der Waals surface area contributed by atoms with Gasteiger partial charge in [0.25, 0.3) is 15.7 Å². The molecule has 0 aliphatic rings. The average molecular weight is 443 g/mol. The van der Waals surface area contributed by atoms with Crippen molar-refractivity contribution in [1.29, 1.82) is 0 Å². The third-order valence-corrected chi connectivity index (χ3v) is 6.13. The van der Waals surface area contributed by atoms with Crippen molar-refractivity contribution < 1.29 is 22.5 Å². The molecule has 3 aromatic rings. The van der Waals surface area contributed by atoms with E-state index in [-0.39, 0.29) is 22.0 Å². The molecule has 0 aromatic heterocycles. The van der Waals surface area contributed by atoms with Gasteiger partial charge in [0.05, 0.1) is 15.5 Å². The van der Waals surface area contributed by atoms with Gasteiger partial charge in [0.15, 0.2) is 0 Å². The lowest BCUT2D eigenvalue weighted by Gasteiger charge is -2.24. The largest absolute Gasteiger partial charge is 0.324 e. The molecule has 0 aliphatic heterocycles. The maximum atomic E-state index is 14.5. The summed E-state index contributed by atoms with van der Waals surface area (Å²) in [5.74, 6) is -1.61. The van der Waals surface area contributed by atoms with Crippen LogP contribution in [-0.2, 0) is 14.8 Å². The van der Waals surface area contributed by atoms with Gasteiger partial charge in [-0.3, -0.25) is 19.2 Å². The normalized spacial score (nSPS) is 11.0. The quantitative estimate of drug-likeness (QED) is 0.440. The van der Waals surface area contributed by atoms with Crippen LogP contribution in [0.15, 0.2) is 77.7 Å². The highest BCUT2D eigenvalue weighted by molar-refractivity contribution is 7.92. The van der Waals surface area contributed by atoms with Crippen LogP contribution in [0.2, 0.25) is 0 Å². The van der Waals surface area contributed by atoms with Gasteiger partial charge in [0, 0.05) is 17.8 Å². The van der Waals surface area contributed by atoms with Gasteiger partial charge in [-0.25, -0.2) is 12.8 Å². The summed E-state index contributed by atoms with van der Waals surface area (Å²) in [6, 6.07) is 16.3. The minimum atomic E-state index is -4.28. The van der Waals surface area contributed by atoms with Crippen LogP contribution in [0.3, 0.4) is 0 Å². The van der Waals surface area contributed by atoms with E-state index in [9.17, 15) is 27.7 Å². The second kappa shape index (κ2) is 8.92. The number of non-ortho nitro benzene ring substituents is 1. The summed E-state index contributed by atoms with van der Waals surface area (Å²) >= 11 is 0. The number of nitrogens with zero attached hydrogens (tertiary/aromatic N) is 2. The van der Waals surface area contributed by atoms with Gasteiger partial charge in [-0.15, -0.1) is 0 Å². The molecule has 1 N–H and O–H groups in total. The fraction of sp³-hybridized carbons (Fsp3) is 0.0952. The van der Waals surface area contributed by atoms with E-state index in [0.29, 0.717) is 4.31 Å². The molecule has 0 aliphatic carbocycles. The molecular weight excluding hydrogens is 425 g/mol. The van der Waals surface area contributed by atoms with Crippen molar-refractivity contribution >= 4 is 33.0 Å². The zero-order valence-electron chi connectivity index (χ0n) is 16.4. The van der Waals surface area contributed by atoms with Crippen molar-refractivity contribution in [3.8, 4) is 0 Å². The van der Waals surface area contributed by atoms with Crippen LogP contribution < -0.4 is 9.62 Å². The van der Waals surface area contributed by atoms with E-state index in [2.05, 4.69) is 5.32 Å². The topological polar surface area (TPSA) is 110 Å². The molecule has 8 nitrogen and oxygen atoms in total. The van der Waals surface area contributed by atoms with Crippen molar-refractivity contribution in [3.63, 3.8) is 0 Å².